The van der Waals surface area contributed by atoms with E-state index in [1.165, 1.54) is 6.07 Å². The zero-order valence-corrected chi connectivity index (χ0v) is 16.1. The van der Waals surface area contributed by atoms with Crippen molar-refractivity contribution in [2.75, 3.05) is 17.1 Å². The maximum absolute atomic E-state index is 12.4. The molecule has 0 unspecified atom stereocenters. The Bertz CT molecular complexity index is 857. The van der Waals surface area contributed by atoms with Crippen molar-refractivity contribution in [2.45, 2.75) is 13.0 Å². The highest BCUT2D eigenvalue weighted by atomic mass is 35.5. The number of hydrogen-bond donors (Lipinski definition) is 1. The van der Waals surface area contributed by atoms with Crippen LogP contribution in [0.1, 0.15) is 18.5 Å². The van der Waals surface area contributed by atoms with E-state index in [0.717, 1.165) is 16.1 Å². The van der Waals surface area contributed by atoms with Crippen LogP contribution in [-0.2, 0) is 14.8 Å². The Balaban J connectivity index is 2.21. The number of nitrogens with zero attached hydrogens (tertiary/aromatic N) is 1. The van der Waals surface area contributed by atoms with Crippen LogP contribution in [0.4, 0.5) is 5.69 Å². The van der Waals surface area contributed by atoms with Gasteiger partial charge < -0.3 is 5.32 Å². The molecule has 25 heavy (non-hydrogen) atoms. The summed E-state index contributed by atoms with van der Waals surface area (Å²) in [6.07, 6.45) is 1.01. The Morgan fingerprint density at radius 3 is 2.36 bits per heavy atom. The molecule has 0 aliphatic rings. The first-order chi connectivity index (χ1) is 11.7. The van der Waals surface area contributed by atoms with Gasteiger partial charge in [0.1, 0.15) is 6.54 Å². The van der Waals surface area contributed by atoms with Crippen molar-refractivity contribution in [3.63, 3.8) is 0 Å². The first kappa shape index (κ1) is 19.6. The summed E-state index contributed by atoms with van der Waals surface area (Å²) in [4.78, 5) is 12.4. The monoisotopic (exact) mass is 400 g/mol. The van der Waals surface area contributed by atoms with Crippen LogP contribution in [0, 0.1) is 0 Å². The van der Waals surface area contributed by atoms with Gasteiger partial charge in [0.15, 0.2) is 0 Å². The molecule has 134 valence electrons. The van der Waals surface area contributed by atoms with E-state index in [9.17, 15) is 13.2 Å². The van der Waals surface area contributed by atoms with Gasteiger partial charge in [-0.1, -0.05) is 59.6 Å². The lowest BCUT2D eigenvalue weighted by molar-refractivity contribution is -0.120. The third kappa shape index (κ3) is 5.11. The van der Waals surface area contributed by atoms with Crippen molar-refractivity contribution >= 4 is 44.8 Å². The van der Waals surface area contributed by atoms with Crippen LogP contribution in [0.5, 0.6) is 0 Å². The number of amides is 1. The average molecular weight is 401 g/mol. The molecule has 5 nitrogen and oxygen atoms in total. The molecule has 0 spiro atoms. The highest BCUT2D eigenvalue weighted by Crippen LogP contribution is 2.33. The fourth-order valence-electron chi connectivity index (χ4n) is 2.31. The molecule has 0 saturated heterocycles. The van der Waals surface area contributed by atoms with Gasteiger partial charge in [-0.3, -0.25) is 9.10 Å². The smallest absolute Gasteiger partial charge is 0.241 e. The van der Waals surface area contributed by atoms with Crippen molar-refractivity contribution in [3.05, 3.63) is 64.1 Å². The summed E-state index contributed by atoms with van der Waals surface area (Å²) in [5.41, 5.74) is 1.08. The summed E-state index contributed by atoms with van der Waals surface area (Å²) in [6.45, 7) is 1.43. The largest absolute Gasteiger partial charge is 0.348 e. The molecule has 0 heterocycles. The molecule has 0 aliphatic carbocycles. The second kappa shape index (κ2) is 8.08. The van der Waals surface area contributed by atoms with Gasteiger partial charge in [-0.15, -0.1) is 0 Å². The summed E-state index contributed by atoms with van der Waals surface area (Å²) in [5, 5.41) is 3.08. The van der Waals surface area contributed by atoms with Gasteiger partial charge >= 0.3 is 0 Å². The van der Waals surface area contributed by atoms with E-state index in [-0.39, 0.29) is 21.8 Å². The maximum Gasteiger partial charge on any atom is 0.241 e. The molecule has 2 aromatic rings. The van der Waals surface area contributed by atoms with Crippen LogP contribution in [0.15, 0.2) is 48.5 Å². The molecule has 2 aromatic carbocycles. The lowest BCUT2D eigenvalue weighted by Gasteiger charge is -2.24. The van der Waals surface area contributed by atoms with Crippen molar-refractivity contribution in [3.8, 4) is 0 Å². The zero-order chi connectivity index (χ0) is 18.6. The van der Waals surface area contributed by atoms with Crippen LogP contribution in [0.3, 0.4) is 0 Å². The Hall–Kier alpha value is -1.76. The molecule has 0 bridgehead atoms. The molecule has 0 saturated carbocycles. The molecule has 2 rings (SSSR count). The Kier molecular flexibility index (Phi) is 6.32. The molecule has 1 atom stereocenters. The molecular weight excluding hydrogens is 383 g/mol. The summed E-state index contributed by atoms with van der Waals surface area (Å²) >= 11 is 12.1. The second-order valence-corrected chi connectivity index (χ2v) is 8.23. The summed E-state index contributed by atoms with van der Waals surface area (Å²) < 4.78 is 25.2. The number of rotatable bonds is 6. The van der Waals surface area contributed by atoms with E-state index in [1.807, 2.05) is 37.3 Å². The van der Waals surface area contributed by atoms with Gasteiger partial charge in [-0.2, -0.15) is 0 Å². The summed E-state index contributed by atoms with van der Waals surface area (Å²) in [5.74, 6) is -0.446. The number of hydrogen-bond acceptors (Lipinski definition) is 3. The molecule has 0 aromatic heterocycles. The number of sulfonamides is 1. The zero-order valence-electron chi connectivity index (χ0n) is 13.7. The molecule has 8 heteroatoms. The van der Waals surface area contributed by atoms with E-state index in [0.29, 0.717) is 0 Å². The van der Waals surface area contributed by atoms with Gasteiger partial charge in [0.05, 0.1) is 28.0 Å². The third-order valence-electron chi connectivity index (χ3n) is 3.56. The van der Waals surface area contributed by atoms with Crippen LogP contribution < -0.4 is 9.62 Å². The maximum atomic E-state index is 12.4. The average Bonchev–Trinajstić information content (AvgIpc) is 2.55. The van der Waals surface area contributed by atoms with Crippen LogP contribution in [0.25, 0.3) is 0 Å². The molecular formula is C17H18Cl2N2O3S. The highest BCUT2D eigenvalue weighted by molar-refractivity contribution is 7.92. The molecule has 1 amide bonds. The van der Waals surface area contributed by atoms with Crippen LogP contribution in [0.2, 0.25) is 10.0 Å². The number of benzene rings is 2. The number of halogens is 2. The van der Waals surface area contributed by atoms with Crippen molar-refractivity contribution in [1.82, 2.24) is 5.32 Å². The van der Waals surface area contributed by atoms with Crippen molar-refractivity contribution in [1.29, 1.82) is 0 Å². The first-order valence-electron chi connectivity index (χ1n) is 7.46. The lowest BCUT2D eigenvalue weighted by Crippen LogP contribution is -2.41. The quantitative estimate of drug-likeness (QED) is 0.804. The molecule has 1 N–H and O–H groups in total. The van der Waals surface area contributed by atoms with Gasteiger partial charge in [0.2, 0.25) is 15.9 Å². The minimum atomic E-state index is -3.72. The summed E-state index contributed by atoms with van der Waals surface area (Å²) in [7, 11) is -3.72. The number of nitrogens with one attached hydrogen (secondary N) is 1. The lowest BCUT2D eigenvalue weighted by atomic mass is 10.1. The van der Waals surface area contributed by atoms with Gasteiger partial charge in [0, 0.05) is 0 Å². The SMILES string of the molecule is C[C@@H](NC(=O)CN(c1cccc(Cl)c1Cl)S(C)(=O)=O)c1ccccc1. The highest BCUT2D eigenvalue weighted by Gasteiger charge is 2.24. The van der Waals surface area contributed by atoms with Gasteiger partial charge in [-0.25, -0.2) is 8.42 Å². The third-order valence-corrected chi connectivity index (χ3v) is 5.50. The summed E-state index contributed by atoms with van der Waals surface area (Å²) in [6, 6.07) is 13.7. The topological polar surface area (TPSA) is 66.5 Å². The normalized spacial score (nSPS) is 12.5. The number of carbonyl (C=O) groups excluding carboxylic acids is 1. The van der Waals surface area contributed by atoms with E-state index < -0.39 is 22.5 Å². The fourth-order valence-corrected chi connectivity index (χ4v) is 3.62. The molecule has 0 aliphatic heterocycles. The van der Waals surface area contributed by atoms with Crippen molar-refractivity contribution in [2.24, 2.45) is 0 Å². The molecule has 0 fully saturated rings. The minimum absolute atomic E-state index is 0.0819. The van der Waals surface area contributed by atoms with Crippen molar-refractivity contribution < 1.29 is 13.2 Å². The molecule has 0 radical (unpaired) electrons. The van der Waals surface area contributed by atoms with E-state index in [2.05, 4.69) is 5.32 Å². The van der Waals surface area contributed by atoms with E-state index in [4.69, 9.17) is 23.2 Å². The fraction of sp³-hybridized carbons (Fsp3) is 0.235. The predicted molar refractivity (Wildman–Crippen MR) is 102 cm³/mol. The standard InChI is InChI=1S/C17H18Cl2N2O3S/c1-12(13-7-4-3-5-8-13)20-16(22)11-21(25(2,23)24)15-10-6-9-14(18)17(15)19/h3-10,12H,11H2,1-2H3,(H,20,22)/t12-/m1/s1. The second-order valence-electron chi connectivity index (χ2n) is 5.54. The Labute approximate surface area is 157 Å². The Morgan fingerprint density at radius 2 is 1.76 bits per heavy atom. The van der Waals surface area contributed by atoms with Gasteiger partial charge in [0.25, 0.3) is 0 Å². The van der Waals surface area contributed by atoms with E-state index >= 15 is 0 Å². The van der Waals surface area contributed by atoms with Crippen LogP contribution >= 0.6 is 23.2 Å². The number of anilines is 1. The van der Waals surface area contributed by atoms with Crippen LogP contribution in [-0.4, -0.2) is 27.1 Å². The number of carbonyl (C=O) groups is 1. The first-order valence-corrected chi connectivity index (χ1v) is 10.1. The van der Waals surface area contributed by atoms with Gasteiger partial charge in [-0.05, 0) is 24.6 Å². The Morgan fingerprint density at radius 1 is 1.12 bits per heavy atom. The minimum Gasteiger partial charge on any atom is -0.348 e. The van der Waals surface area contributed by atoms with E-state index in [1.54, 1.807) is 12.1 Å². The predicted octanol–water partition coefficient (Wildman–Crippen LogP) is 3.64.